The van der Waals surface area contributed by atoms with Crippen LogP contribution < -0.4 is 5.32 Å². The molecule has 124 valence electrons. The molecule has 0 radical (unpaired) electrons. The first-order chi connectivity index (χ1) is 12.3. The van der Waals surface area contributed by atoms with Gasteiger partial charge in [-0.05, 0) is 17.7 Å². The molecule has 1 amide bonds. The van der Waals surface area contributed by atoms with Crippen LogP contribution in [0, 0.1) is 0 Å². The first-order valence-electron chi connectivity index (χ1n) is 8.05. The summed E-state index contributed by atoms with van der Waals surface area (Å²) in [7, 11) is 0. The van der Waals surface area contributed by atoms with Gasteiger partial charge in [-0.15, -0.1) is 0 Å². The lowest BCUT2D eigenvalue weighted by atomic mass is 10.0. The van der Waals surface area contributed by atoms with Gasteiger partial charge < -0.3 is 14.7 Å². The number of nitrogens with zero attached hydrogens (tertiary/aromatic N) is 3. The summed E-state index contributed by atoms with van der Waals surface area (Å²) < 4.78 is 1.87. The van der Waals surface area contributed by atoms with Gasteiger partial charge in [-0.25, -0.2) is 9.97 Å². The number of aromatic amines is 1. The summed E-state index contributed by atoms with van der Waals surface area (Å²) in [6, 6.07) is 13.4. The second-order valence-electron chi connectivity index (χ2n) is 5.82. The van der Waals surface area contributed by atoms with Gasteiger partial charge in [0.05, 0.1) is 24.1 Å². The van der Waals surface area contributed by atoms with Crippen molar-refractivity contribution < 1.29 is 4.79 Å². The number of imidazole rings is 2. The number of H-pyrrole nitrogens is 1. The van der Waals surface area contributed by atoms with Crippen LogP contribution in [0.4, 0.5) is 0 Å². The Morgan fingerprint density at radius 2 is 2.12 bits per heavy atom. The summed E-state index contributed by atoms with van der Waals surface area (Å²) in [5, 5.41) is 3.12. The molecule has 25 heavy (non-hydrogen) atoms. The number of rotatable bonds is 5. The van der Waals surface area contributed by atoms with Crippen LogP contribution in [0.25, 0.3) is 5.52 Å². The van der Waals surface area contributed by atoms with Crippen molar-refractivity contribution in [3.05, 3.63) is 90.5 Å². The van der Waals surface area contributed by atoms with E-state index in [4.69, 9.17) is 0 Å². The average Bonchev–Trinajstić information content (AvgIpc) is 3.32. The lowest BCUT2D eigenvalue weighted by molar-refractivity contribution is 0.0936. The number of carbonyl (C=O) groups excluding carboxylic acids is 1. The Kier molecular flexibility index (Phi) is 4.00. The molecule has 0 aliphatic heterocycles. The smallest absolute Gasteiger partial charge is 0.251 e. The number of pyridine rings is 1. The zero-order valence-corrected chi connectivity index (χ0v) is 13.5. The van der Waals surface area contributed by atoms with E-state index in [0.717, 1.165) is 16.9 Å². The maximum Gasteiger partial charge on any atom is 0.251 e. The maximum absolute atomic E-state index is 12.8. The normalized spacial score (nSPS) is 12.2. The fraction of sp³-hybridized carbons (Fsp3) is 0.105. The van der Waals surface area contributed by atoms with E-state index in [1.54, 1.807) is 31.0 Å². The average molecular weight is 331 g/mol. The van der Waals surface area contributed by atoms with Gasteiger partial charge in [-0.2, -0.15) is 0 Å². The lowest BCUT2D eigenvalue weighted by Gasteiger charge is -2.18. The highest BCUT2D eigenvalue weighted by Crippen LogP contribution is 2.18. The largest absolute Gasteiger partial charge is 0.349 e. The molecule has 6 heteroatoms. The summed E-state index contributed by atoms with van der Waals surface area (Å²) >= 11 is 0. The van der Waals surface area contributed by atoms with Crippen molar-refractivity contribution in [3.8, 4) is 0 Å². The molecular weight excluding hydrogens is 314 g/mol. The fourth-order valence-corrected chi connectivity index (χ4v) is 2.84. The number of fused-ring (bicyclic) bond motifs is 1. The number of aromatic nitrogens is 4. The molecule has 0 saturated carbocycles. The van der Waals surface area contributed by atoms with Crippen molar-refractivity contribution in [3.63, 3.8) is 0 Å². The molecule has 2 N–H and O–H groups in total. The van der Waals surface area contributed by atoms with Crippen molar-refractivity contribution in [1.29, 1.82) is 0 Å². The molecule has 4 aromatic rings. The summed E-state index contributed by atoms with van der Waals surface area (Å²) in [5.41, 5.74) is 2.53. The highest BCUT2D eigenvalue weighted by atomic mass is 16.1. The van der Waals surface area contributed by atoms with Crippen LogP contribution in [0.5, 0.6) is 0 Å². The molecule has 6 nitrogen and oxygen atoms in total. The third-order valence-electron chi connectivity index (χ3n) is 4.14. The Morgan fingerprint density at radius 1 is 1.24 bits per heavy atom. The Morgan fingerprint density at radius 3 is 2.92 bits per heavy atom. The third-order valence-corrected chi connectivity index (χ3v) is 4.14. The van der Waals surface area contributed by atoms with Gasteiger partial charge in [0.25, 0.3) is 5.91 Å². The standard InChI is InChI=1S/C19H17N5O/c25-19(15-6-9-24-13-20-12-16(24)10-15)23-17(11-18-21-7-8-22-18)14-4-2-1-3-5-14/h1-10,12-13,17H,11H2,(H,21,22)(H,23,25)/t17-/m0/s1. The van der Waals surface area contributed by atoms with Crippen molar-refractivity contribution in [1.82, 2.24) is 24.7 Å². The number of nitrogens with one attached hydrogen (secondary N) is 2. The van der Waals surface area contributed by atoms with E-state index in [9.17, 15) is 4.79 Å². The molecule has 0 spiro atoms. The number of benzene rings is 1. The van der Waals surface area contributed by atoms with Crippen LogP contribution in [0.15, 0.2) is 73.6 Å². The lowest BCUT2D eigenvalue weighted by Crippen LogP contribution is -2.30. The van der Waals surface area contributed by atoms with Crippen LogP contribution in [-0.2, 0) is 6.42 Å². The minimum absolute atomic E-state index is 0.121. The molecule has 0 aliphatic carbocycles. The number of amides is 1. The minimum Gasteiger partial charge on any atom is -0.349 e. The van der Waals surface area contributed by atoms with Gasteiger partial charge in [0.2, 0.25) is 0 Å². The highest BCUT2D eigenvalue weighted by Gasteiger charge is 2.17. The van der Waals surface area contributed by atoms with Crippen LogP contribution in [-0.4, -0.2) is 25.3 Å². The summed E-state index contributed by atoms with van der Waals surface area (Å²) in [6.07, 6.45) is 9.37. The van der Waals surface area contributed by atoms with Gasteiger partial charge >= 0.3 is 0 Å². The van der Waals surface area contributed by atoms with E-state index in [2.05, 4.69) is 20.3 Å². The van der Waals surface area contributed by atoms with Crippen molar-refractivity contribution >= 4 is 11.4 Å². The van der Waals surface area contributed by atoms with Gasteiger partial charge in [0.1, 0.15) is 5.82 Å². The predicted molar refractivity (Wildman–Crippen MR) is 94.1 cm³/mol. The Hall–Kier alpha value is -3.41. The van der Waals surface area contributed by atoms with Gasteiger partial charge in [-0.3, -0.25) is 4.79 Å². The highest BCUT2D eigenvalue weighted by molar-refractivity contribution is 5.95. The first-order valence-corrected chi connectivity index (χ1v) is 8.05. The Labute approximate surface area is 144 Å². The zero-order valence-electron chi connectivity index (χ0n) is 13.5. The molecule has 1 atom stereocenters. The van der Waals surface area contributed by atoms with E-state index in [0.29, 0.717) is 12.0 Å². The second-order valence-corrected chi connectivity index (χ2v) is 5.82. The Balaban J connectivity index is 1.59. The maximum atomic E-state index is 12.8. The van der Waals surface area contributed by atoms with Crippen molar-refractivity contribution in [2.45, 2.75) is 12.5 Å². The molecule has 0 aliphatic rings. The summed E-state index contributed by atoms with van der Waals surface area (Å²) in [5.74, 6) is 0.713. The predicted octanol–water partition coefficient (Wildman–Crippen LogP) is 2.77. The number of hydrogen-bond donors (Lipinski definition) is 2. The molecule has 3 heterocycles. The van der Waals surface area contributed by atoms with E-state index >= 15 is 0 Å². The third kappa shape index (κ3) is 3.28. The van der Waals surface area contributed by atoms with Gasteiger partial charge in [0, 0.05) is 30.6 Å². The fourth-order valence-electron chi connectivity index (χ4n) is 2.84. The topological polar surface area (TPSA) is 75.1 Å². The van der Waals surface area contributed by atoms with E-state index in [-0.39, 0.29) is 11.9 Å². The van der Waals surface area contributed by atoms with Crippen LogP contribution in [0.1, 0.15) is 27.8 Å². The zero-order chi connectivity index (χ0) is 17.1. The molecule has 0 saturated heterocycles. The molecular formula is C19H17N5O. The molecule has 0 fully saturated rings. The molecule has 0 bridgehead atoms. The number of hydrogen-bond acceptors (Lipinski definition) is 3. The molecule has 0 unspecified atom stereocenters. The minimum atomic E-state index is -0.166. The molecule has 3 aromatic heterocycles. The first kappa shape index (κ1) is 15.1. The monoisotopic (exact) mass is 331 g/mol. The van der Waals surface area contributed by atoms with E-state index < -0.39 is 0 Å². The quantitative estimate of drug-likeness (QED) is 0.590. The number of carbonyl (C=O) groups is 1. The second kappa shape index (κ2) is 6.60. The SMILES string of the molecule is O=C(N[C@@H](Cc1ncc[nH]1)c1ccccc1)c1ccn2cncc2c1. The van der Waals surface area contributed by atoms with Gasteiger partial charge in [0.15, 0.2) is 0 Å². The summed E-state index contributed by atoms with van der Waals surface area (Å²) in [4.78, 5) is 24.2. The Bertz CT molecular complexity index is 975. The van der Waals surface area contributed by atoms with Gasteiger partial charge in [-0.1, -0.05) is 30.3 Å². The van der Waals surface area contributed by atoms with Crippen molar-refractivity contribution in [2.24, 2.45) is 0 Å². The van der Waals surface area contributed by atoms with Crippen LogP contribution in [0.2, 0.25) is 0 Å². The van der Waals surface area contributed by atoms with E-state index in [1.165, 1.54) is 0 Å². The van der Waals surface area contributed by atoms with Crippen LogP contribution >= 0.6 is 0 Å². The summed E-state index contributed by atoms with van der Waals surface area (Å²) in [6.45, 7) is 0. The molecule has 4 rings (SSSR count). The molecule has 1 aromatic carbocycles. The van der Waals surface area contributed by atoms with Crippen molar-refractivity contribution in [2.75, 3.05) is 0 Å². The van der Waals surface area contributed by atoms with E-state index in [1.807, 2.05) is 47.0 Å². The van der Waals surface area contributed by atoms with Crippen LogP contribution in [0.3, 0.4) is 0 Å².